The fourth-order valence-electron chi connectivity index (χ4n) is 6.05. The van der Waals surface area contributed by atoms with Crippen molar-refractivity contribution >= 4 is 47.4 Å². The maximum Gasteiger partial charge on any atom is 0.404 e. The van der Waals surface area contributed by atoms with E-state index in [9.17, 15) is 38.4 Å². The van der Waals surface area contributed by atoms with Gasteiger partial charge in [-0.2, -0.15) is 0 Å². The van der Waals surface area contributed by atoms with Crippen LogP contribution in [0.25, 0.3) is 0 Å². The predicted molar refractivity (Wildman–Crippen MR) is 188 cm³/mol. The number of ketones is 1. The number of likely N-dealkylation sites (tertiary alicyclic amines) is 2. The highest BCUT2D eigenvalue weighted by Gasteiger charge is 2.47. The normalized spacial score (nSPS) is 20.8. The zero-order valence-corrected chi connectivity index (χ0v) is 31.5. The number of carbonyl (C=O) groups excluding carboxylic acids is 8. The maximum absolute atomic E-state index is 14.3. The van der Waals surface area contributed by atoms with E-state index < -0.39 is 82.1 Å². The smallest absolute Gasteiger partial charge is 0.404 e. The van der Waals surface area contributed by atoms with Crippen molar-refractivity contribution in [3.8, 4) is 0 Å². The summed E-state index contributed by atoms with van der Waals surface area (Å²) in [5.74, 6) is -3.87. The number of nitrogens with two attached hydrogens (primary N) is 1. The third-order valence-electron chi connectivity index (χ3n) is 8.94. The zero-order valence-electron chi connectivity index (χ0n) is 31.5. The molecule has 2 rings (SSSR count). The van der Waals surface area contributed by atoms with Gasteiger partial charge in [0.15, 0.2) is 0 Å². The largest absolute Gasteiger partial charge is 0.444 e. The molecule has 51 heavy (non-hydrogen) atoms. The molecule has 0 aliphatic carbocycles. The number of imide groups is 1. The fraction of sp³-hybridized carbons (Fsp3) is 0.714. The van der Waals surface area contributed by atoms with Crippen LogP contribution in [-0.2, 0) is 33.5 Å². The molecule has 2 saturated heterocycles. The summed E-state index contributed by atoms with van der Waals surface area (Å²) < 4.78 is 5.16. The van der Waals surface area contributed by atoms with Crippen molar-refractivity contribution in [2.45, 2.75) is 125 Å². The van der Waals surface area contributed by atoms with Gasteiger partial charge < -0.3 is 36.6 Å². The van der Waals surface area contributed by atoms with Crippen LogP contribution in [0.2, 0.25) is 0 Å². The molecule has 286 valence electrons. The number of hydrogen-bond donors (Lipinski definition) is 5. The monoisotopic (exact) mass is 719 g/mol. The molecule has 16 nitrogen and oxygen atoms in total. The van der Waals surface area contributed by atoms with Crippen molar-refractivity contribution in [2.24, 2.45) is 22.0 Å². The summed E-state index contributed by atoms with van der Waals surface area (Å²) in [4.78, 5) is 107. The lowest BCUT2D eigenvalue weighted by Crippen LogP contribution is -2.62. The van der Waals surface area contributed by atoms with Crippen molar-refractivity contribution in [2.75, 3.05) is 19.6 Å². The number of urea groups is 1. The zero-order chi connectivity index (χ0) is 39.1. The Morgan fingerprint density at radius 3 is 2.06 bits per heavy atom. The minimum atomic E-state index is -1.25. The Morgan fingerprint density at radius 2 is 1.57 bits per heavy atom. The first-order valence-corrected chi connectivity index (χ1v) is 17.3. The van der Waals surface area contributed by atoms with Crippen LogP contribution in [-0.4, -0.2) is 107 Å². The number of rotatable bonds is 14. The molecule has 6 N–H and O–H groups in total. The lowest BCUT2D eigenvalue weighted by Gasteiger charge is -2.40. The van der Waals surface area contributed by atoms with Crippen molar-refractivity contribution < 1.29 is 43.1 Å². The van der Waals surface area contributed by atoms with Crippen molar-refractivity contribution in [1.29, 1.82) is 0 Å². The number of nitrogens with one attached hydrogen (secondary N) is 4. The summed E-state index contributed by atoms with van der Waals surface area (Å²) in [6, 6.07) is -5.11. The Labute approximate surface area is 300 Å². The Hall–Kier alpha value is -4.50. The van der Waals surface area contributed by atoms with Gasteiger partial charge in [0, 0.05) is 32.4 Å². The molecule has 8 amide bonds. The molecule has 16 heteroatoms. The number of piperidine rings is 1. The van der Waals surface area contributed by atoms with Gasteiger partial charge in [0.1, 0.15) is 18.2 Å². The lowest BCUT2D eigenvalue weighted by molar-refractivity contribution is -0.153. The van der Waals surface area contributed by atoms with E-state index in [1.165, 1.54) is 15.9 Å². The summed E-state index contributed by atoms with van der Waals surface area (Å²) in [6.07, 6.45) is 0.125. The number of ether oxygens (including phenoxy) is 1. The van der Waals surface area contributed by atoms with E-state index in [0.717, 1.165) is 0 Å². The Balaban J connectivity index is 2.35. The van der Waals surface area contributed by atoms with Gasteiger partial charge in [0.05, 0.1) is 18.6 Å². The van der Waals surface area contributed by atoms with Crippen LogP contribution < -0.4 is 27.0 Å². The molecule has 0 radical (unpaired) electrons. The predicted octanol–water partition coefficient (Wildman–Crippen LogP) is 1.51. The molecule has 1 unspecified atom stereocenters. The second-order valence-electron chi connectivity index (χ2n) is 16.3. The quantitative estimate of drug-likeness (QED) is 0.0995. The topological polar surface area (TPSA) is 226 Å². The number of Topliss-reactive ketones (excluding diaryl/α,β-unsaturated/α-hetero) is 1. The van der Waals surface area contributed by atoms with E-state index >= 15 is 0 Å². The average molecular weight is 720 g/mol. The number of carbonyl (C=O) groups is 8. The van der Waals surface area contributed by atoms with E-state index in [4.69, 9.17) is 10.5 Å². The molecule has 5 atom stereocenters. The molecule has 2 aliphatic rings. The third-order valence-corrected chi connectivity index (χ3v) is 8.94. The van der Waals surface area contributed by atoms with Gasteiger partial charge in [-0.3, -0.25) is 33.7 Å². The average Bonchev–Trinajstić information content (AvgIpc) is 3.40. The van der Waals surface area contributed by atoms with Gasteiger partial charge >= 0.3 is 12.1 Å². The molecule has 0 spiro atoms. The van der Waals surface area contributed by atoms with Gasteiger partial charge in [-0.1, -0.05) is 74.8 Å². The SMILES string of the molecule is C=CCNC(=O)C(=O)C(CCC)NC(=O)[C@@H]1C[C@@H](OC(N)=O)CN1C(=O)[C@@H](NC(=O)N[C@H](CN1C(=O)CC(C)(C)CC1=O)C(C)(C)C)C(C)(C)C. The third kappa shape index (κ3) is 12.1. The van der Waals surface area contributed by atoms with Gasteiger partial charge in [-0.15, -0.1) is 6.58 Å². The van der Waals surface area contributed by atoms with Crippen LogP contribution in [0, 0.1) is 16.2 Å². The lowest BCUT2D eigenvalue weighted by atomic mass is 9.80. The standard InChI is InChI=1S/C35H57N7O9/c1-11-13-21(26(45)29(47)37-14-12-2)38-28(46)22-15-20(51-31(36)49)18-41(22)30(48)27(34(6,7)8)40-32(50)39-23(33(3,4)5)19-42-24(43)16-35(9,10)17-25(42)44/h12,20-23,27H,2,11,13-19H2,1,3-10H3,(H2,36,49)(H,37,47)(H,38,46)(H2,39,40,50)/t20-,21?,22+,23-,27-/m1/s1. The van der Waals surface area contributed by atoms with Gasteiger partial charge in [-0.05, 0) is 22.7 Å². The molecular formula is C35H57N7O9. The van der Waals surface area contributed by atoms with Crippen molar-refractivity contribution in [1.82, 2.24) is 31.1 Å². The molecular weight excluding hydrogens is 662 g/mol. The van der Waals surface area contributed by atoms with Crippen molar-refractivity contribution in [3.05, 3.63) is 12.7 Å². The highest BCUT2D eigenvalue weighted by Crippen LogP contribution is 2.33. The van der Waals surface area contributed by atoms with E-state index in [1.807, 2.05) is 34.6 Å². The first-order valence-electron chi connectivity index (χ1n) is 17.3. The van der Waals surface area contributed by atoms with E-state index in [-0.39, 0.29) is 57.1 Å². The molecule has 2 aliphatic heterocycles. The van der Waals surface area contributed by atoms with Gasteiger partial charge in [0.25, 0.3) is 5.91 Å². The number of nitrogens with zero attached hydrogens (tertiary/aromatic N) is 2. The number of hydrogen-bond acceptors (Lipinski definition) is 9. The molecule has 2 heterocycles. The van der Waals surface area contributed by atoms with Crippen LogP contribution in [0.5, 0.6) is 0 Å². The number of amides is 8. The van der Waals surface area contributed by atoms with Crippen LogP contribution >= 0.6 is 0 Å². The minimum Gasteiger partial charge on any atom is -0.444 e. The van der Waals surface area contributed by atoms with Gasteiger partial charge in [0.2, 0.25) is 29.4 Å². The molecule has 0 aromatic carbocycles. The van der Waals surface area contributed by atoms with Crippen LogP contribution in [0.1, 0.15) is 94.4 Å². The van der Waals surface area contributed by atoms with Crippen molar-refractivity contribution in [3.63, 3.8) is 0 Å². The summed E-state index contributed by atoms with van der Waals surface area (Å²) in [5, 5.41) is 10.6. The summed E-state index contributed by atoms with van der Waals surface area (Å²) in [7, 11) is 0. The molecule has 0 saturated carbocycles. The second-order valence-corrected chi connectivity index (χ2v) is 16.3. The summed E-state index contributed by atoms with van der Waals surface area (Å²) in [6.45, 7) is 19.4. The van der Waals surface area contributed by atoms with E-state index in [2.05, 4.69) is 27.8 Å². The van der Waals surface area contributed by atoms with Crippen LogP contribution in [0.4, 0.5) is 9.59 Å². The fourth-order valence-corrected chi connectivity index (χ4v) is 6.05. The number of primary amides is 1. The minimum absolute atomic E-state index is 0.0481. The molecule has 0 aromatic rings. The Morgan fingerprint density at radius 1 is 0.980 bits per heavy atom. The Bertz CT molecular complexity index is 1360. The Kier molecular flexibility index (Phi) is 14.3. The molecule has 2 fully saturated rings. The highest BCUT2D eigenvalue weighted by atomic mass is 16.6. The molecule has 0 aromatic heterocycles. The first-order chi connectivity index (χ1) is 23.4. The van der Waals surface area contributed by atoms with Gasteiger partial charge in [-0.25, -0.2) is 9.59 Å². The van der Waals surface area contributed by atoms with E-state index in [1.54, 1.807) is 27.7 Å². The summed E-state index contributed by atoms with van der Waals surface area (Å²) >= 11 is 0. The second kappa shape index (κ2) is 17.1. The van der Waals surface area contributed by atoms with E-state index in [0.29, 0.717) is 6.42 Å². The molecule has 0 bridgehead atoms. The van der Waals surface area contributed by atoms with Crippen LogP contribution in [0.15, 0.2) is 12.7 Å². The highest BCUT2D eigenvalue weighted by molar-refractivity contribution is 6.38. The summed E-state index contributed by atoms with van der Waals surface area (Å²) in [5.41, 5.74) is 3.26. The maximum atomic E-state index is 14.3. The first kappa shape index (κ1) is 42.7. The van der Waals surface area contributed by atoms with Crippen LogP contribution in [0.3, 0.4) is 0 Å².